The van der Waals surface area contributed by atoms with Crippen molar-refractivity contribution >= 4 is 6.09 Å². The Hall–Kier alpha value is -0.770. The summed E-state index contributed by atoms with van der Waals surface area (Å²) in [5.74, 6) is 1.43. The predicted octanol–water partition coefficient (Wildman–Crippen LogP) is 2.81. The van der Waals surface area contributed by atoms with Gasteiger partial charge in [-0.2, -0.15) is 0 Å². The van der Waals surface area contributed by atoms with Gasteiger partial charge >= 0.3 is 6.09 Å². The van der Waals surface area contributed by atoms with Gasteiger partial charge in [0.15, 0.2) is 0 Å². The number of rotatable bonds is 3. The zero-order chi connectivity index (χ0) is 14.0. The molecule has 110 valence electrons. The van der Waals surface area contributed by atoms with Crippen LogP contribution in [0.15, 0.2) is 0 Å². The van der Waals surface area contributed by atoms with E-state index in [2.05, 4.69) is 5.32 Å². The summed E-state index contributed by atoms with van der Waals surface area (Å²) in [6, 6.07) is 0.653. The third-order valence-electron chi connectivity index (χ3n) is 4.20. The van der Waals surface area contributed by atoms with Crippen LogP contribution in [0, 0.1) is 11.8 Å². The molecule has 3 N–H and O–H groups in total. The number of amides is 1. The average Bonchev–Trinajstić information content (AvgIpc) is 3.10. The molecule has 2 aliphatic carbocycles. The van der Waals surface area contributed by atoms with Gasteiger partial charge < -0.3 is 15.8 Å². The number of hydrogen-bond donors (Lipinski definition) is 2. The highest BCUT2D eigenvalue weighted by molar-refractivity contribution is 5.68. The van der Waals surface area contributed by atoms with Gasteiger partial charge in [-0.15, -0.1) is 0 Å². The fourth-order valence-electron chi connectivity index (χ4n) is 2.99. The second kappa shape index (κ2) is 5.70. The monoisotopic (exact) mass is 268 g/mol. The van der Waals surface area contributed by atoms with Crippen LogP contribution in [-0.2, 0) is 4.74 Å². The predicted molar refractivity (Wildman–Crippen MR) is 75.8 cm³/mol. The van der Waals surface area contributed by atoms with Gasteiger partial charge in [-0.25, -0.2) is 4.79 Å². The molecule has 0 bridgehead atoms. The first-order valence-electron chi connectivity index (χ1n) is 7.60. The van der Waals surface area contributed by atoms with E-state index in [1.165, 1.54) is 12.8 Å². The number of hydrogen-bond acceptors (Lipinski definition) is 3. The zero-order valence-electron chi connectivity index (χ0n) is 12.4. The molecule has 19 heavy (non-hydrogen) atoms. The Morgan fingerprint density at radius 3 is 2.00 bits per heavy atom. The summed E-state index contributed by atoms with van der Waals surface area (Å²) in [5.41, 5.74) is 5.85. The summed E-state index contributed by atoms with van der Waals surface area (Å²) in [6.45, 7) is 5.66. The number of carbonyl (C=O) groups is 1. The molecule has 0 radical (unpaired) electrons. The fraction of sp³-hybridized carbons (Fsp3) is 0.933. The number of ether oxygens (including phenoxy) is 1. The maximum atomic E-state index is 11.7. The van der Waals surface area contributed by atoms with Gasteiger partial charge in [0.1, 0.15) is 5.60 Å². The third-order valence-corrected chi connectivity index (χ3v) is 4.20. The number of alkyl carbamates (subject to hydrolysis) is 1. The van der Waals surface area contributed by atoms with Gasteiger partial charge in [0, 0.05) is 12.1 Å². The quantitative estimate of drug-likeness (QED) is 0.827. The van der Waals surface area contributed by atoms with Gasteiger partial charge in [-0.05, 0) is 71.1 Å². The molecule has 2 saturated carbocycles. The smallest absolute Gasteiger partial charge is 0.407 e. The minimum absolute atomic E-state index is 0.262. The minimum atomic E-state index is -0.421. The highest BCUT2D eigenvalue weighted by atomic mass is 16.6. The van der Waals surface area contributed by atoms with Crippen LogP contribution in [0.2, 0.25) is 0 Å². The molecule has 0 heterocycles. The summed E-state index contributed by atoms with van der Waals surface area (Å²) in [5, 5.41) is 2.98. The largest absolute Gasteiger partial charge is 0.444 e. The maximum Gasteiger partial charge on any atom is 0.407 e. The SMILES string of the molecule is CC(C)(C)OC(=O)NC1CCC(C(N)C2CC2)CC1. The molecule has 4 nitrogen and oxygen atoms in total. The summed E-state index contributed by atoms with van der Waals surface area (Å²) < 4.78 is 5.29. The number of nitrogens with two attached hydrogens (primary N) is 1. The van der Waals surface area contributed by atoms with E-state index in [4.69, 9.17) is 10.5 Å². The van der Waals surface area contributed by atoms with E-state index >= 15 is 0 Å². The van der Waals surface area contributed by atoms with Crippen LogP contribution in [0.3, 0.4) is 0 Å². The van der Waals surface area contributed by atoms with Crippen LogP contribution in [0.1, 0.15) is 59.3 Å². The van der Waals surface area contributed by atoms with Gasteiger partial charge in [0.05, 0.1) is 0 Å². The van der Waals surface area contributed by atoms with E-state index in [-0.39, 0.29) is 12.1 Å². The Kier molecular flexibility index (Phi) is 4.39. The van der Waals surface area contributed by atoms with E-state index < -0.39 is 5.60 Å². The fourth-order valence-corrected chi connectivity index (χ4v) is 2.99. The molecule has 0 aromatic rings. The first-order valence-corrected chi connectivity index (χ1v) is 7.60. The Morgan fingerprint density at radius 1 is 1.11 bits per heavy atom. The highest BCUT2D eigenvalue weighted by Gasteiger charge is 2.36. The molecular formula is C15H28N2O2. The molecule has 0 aromatic carbocycles. The lowest BCUT2D eigenvalue weighted by molar-refractivity contribution is 0.0485. The van der Waals surface area contributed by atoms with Crippen LogP contribution in [0.4, 0.5) is 4.79 Å². The van der Waals surface area contributed by atoms with Gasteiger partial charge in [-0.3, -0.25) is 0 Å². The molecule has 1 amide bonds. The topological polar surface area (TPSA) is 64.3 Å². The van der Waals surface area contributed by atoms with Crippen molar-refractivity contribution in [3.63, 3.8) is 0 Å². The maximum absolute atomic E-state index is 11.7. The van der Waals surface area contributed by atoms with E-state index in [9.17, 15) is 4.79 Å². The van der Waals surface area contributed by atoms with E-state index in [0.29, 0.717) is 12.0 Å². The summed E-state index contributed by atoms with van der Waals surface area (Å²) in [7, 11) is 0. The summed E-state index contributed by atoms with van der Waals surface area (Å²) in [4.78, 5) is 11.7. The van der Waals surface area contributed by atoms with Crippen molar-refractivity contribution in [2.24, 2.45) is 17.6 Å². The molecule has 4 heteroatoms. The van der Waals surface area contributed by atoms with E-state index in [1.807, 2.05) is 20.8 Å². The number of nitrogens with one attached hydrogen (secondary N) is 1. The Morgan fingerprint density at radius 2 is 1.58 bits per heavy atom. The van der Waals surface area contributed by atoms with Gasteiger partial charge in [-0.1, -0.05) is 0 Å². The Bertz CT molecular complexity index is 313. The van der Waals surface area contributed by atoms with Crippen LogP contribution < -0.4 is 11.1 Å². The van der Waals surface area contributed by atoms with Crippen molar-refractivity contribution < 1.29 is 9.53 Å². The first kappa shape index (κ1) is 14.6. The lowest BCUT2D eigenvalue weighted by Crippen LogP contribution is -2.43. The standard InChI is InChI=1S/C15H28N2O2/c1-15(2,3)19-14(18)17-12-8-6-11(7-9-12)13(16)10-4-5-10/h10-13H,4-9,16H2,1-3H3,(H,17,18). The second-order valence-corrected chi connectivity index (χ2v) is 7.17. The van der Waals surface area contributed by atoms with Crippen molar-refractivity contribution in [2.75, 3.05) is 0 Å². The van der Waals surface area contributed by atoms with Crippen molar-refractivity contribution in [1.29, 1.82) is 0 Å². The van der Waals surface area contributed by atoms with Crippen molar-refractivity contribution in [3.8, 4) is 0 Å². The molecule has 1 atom stereocenters. The molecule has 0 saturated heterocycles. The van der Waals surface area contributed by atoms with Crippen molar-refractivity contribution in [3.05, 3.63) is 0 Å². The normalized spacial score (nSPS) is 29.7. The molecular weight excluding hydrogens is 240 g/mol. The third kappa shape index (κ3) is 4.68. The number of carbonyl (C=O) groups excluding carboxylic acids is 1. The van der Waals surface area contributed by atoms with Crippen LogP contribution >= 0.6 is 0 Å². The average molecular weight is 268 g/mol. The van der Waals surface area contributed by atoms with E-state index in [1.54, 1.807) is 0 Å². The Balaban J connectivity index is 1.69. The van der Waals surface area contributed by atoms with Crippen LogP contribution in [0.5, 0.6) is 0 Å². The molecule has 2 aliphatic rings. The van der Waals surface area contributed by atoms with E-state index in [0.717, 1.165) is 31.6 Å². The molecule has 0 spiro atoms. The summed E-state index contributed by atoms with van der Waals surface area (Å²) in [6.07, 6.45) is 6.68. The molecule has 0 aliphatic heterocycles. The molecule has 0 aromatic heterocycles. The minimum Gasteiger partial charge on any atom is -0.444 e. The first-order chi connectivity index (χ1) is 8.85. The molecule has 2 rings (SSSR count). The highest BCUT2D eigenvalue weighted by Crippen LogP contribution is 2.39. The lowest BCUT2D eigenvalue weighted by atomic mass is 9.80. The van der Waals surface area contributed by atoms with Crippen molar-refractivity contribution in [2.45, 2.75) is 77.0 Å². The van der Waals surface area contributed by atoms with Gasteiger partial charge in [0.25, 0.3) is 0 Å². The molecule has 2 fully saturated rings. The van der Waals surface area contributed by atoms with Crippen LogP contribution in [-0.4, -0.2) is 23.8 Å². The second-order valence-electron chi connectivity index (χ2n) is 7.17. The summed E-state index contributed by atoms with van der Waals surface area (Å²) >= 11 is 0. The molecule has 1 unspecified atom stereocenters. The Labute approximate surface area is 116 Å². The zero-order valence-corrected chi connectivity index (χ0v) is 12.4. The van der Waals surface area contributed by atoms with Crippen LogP contribution in [0.25, 0.3) is 0 Å². The lowest BCUT2D eigenvalue weighted by Gasteiger charge is -2.33. The van der Waals surface area contributed by atoms with Gasteiger partial charge in [0.2, 0.25) is 0 Å². The van der Waals surface area contributed by atoms with Crippen molar-refractivity contribution in [1.82, 2.24) is 5.32 Å².